The topological polar surface area (TPSA) is 91.7 Å². The Bertz CT molecular complexity index is 663. The zero-order valence-corrected chi connectivity index (χ0v) is 12.3. The lowest BCUT2D eigenvalue weighted by atomic mass is 10.1. The molecule has 0 atom stereocenters. The minimum atomic E-state index is 0.0698. The van der Waals surface area contributed by atoms with Crippen molar-refractivity contribution >= 4 is 28.7 Å². The number of ether oxygens (including phenoxy) is 1. The molecule has 1 aliphatic carbocycles. The van der Waals surface area contributed by atoms with E-state index in [1.165, 1.54) is 18.2 Å². The van der Waals surface area contributed by atoms with E-state index in [0.29, 0.717) is 34.5 Å². The first-order chi connectivity index (χ1) is 10.0. The molecule has 1 aliphatic rings. The minimum absolute atomic E-state index is 0.0698. The fourth-order valence-electron chi connectivity index (χ4n) is 1.73. The number of benzene rings is 1. The molecule has 0 heterocycles. The summed E-state index contributed by atoms with van der Waals surface area (Å²) in [5.41, 5.74) is 7.44. The number of nitrogens with two attached hydrogens (primary N) is 1. The molecule has 4 N–H and O–H groups in total. The maximum atomic E-state index is 9.34. The van der Waals surface area contributed by atoms with E-state index in [-0.39, 0.29) is 11.5 Å². The molecule has 21 heavy (non-hydrogen) atoms. The molecule has 6 heteroatoms. The summed E-state index contributed by atoms with van der Waals surface area (Å²) in [5.74, 6) is 0.500. The smallest absolute Gasteiger partial charge is 0.146 e. The Morgan fingerprint density at radius 2 is 2.14 bits per heavy atom. The van der Waals surface area contributed by atoms with Crippen molar-refractivity contribution < 1.29 is 9.84 Å². The van der Waals surface area contributed by atoms with Gasteiger partial charge in [0.25, 0.3) is 0 Å². The van der Waals surface area contributed by atoms with Crippen molar-refractivity contribution in [3.63, 3.8) is 0 Å². The molecule has 0 aliphatic heterocycles. The van der Waals surface area contributed by atoms with Crippen molar-refractivity contribution in [3.05, 3.63) is 46.8 Å². The molecule has 0 spiro atoms. The predicted octanol–water partition coefficient (Wildman–Crippen LogP) is 3.30. The third-order valence-corrected chi connectivity index (χ3v) is 3.07. The predicted molar refractivity (Wildman–Crippen MR) is 84.5 cm³/mol. The second kappa shape index (κ2) is 6.45. The van der Waals surface area contributed by atoms with Crippen LogP contribution in [0.15, 0.2) is 46.8 Å². The molecule has 0 fully saturated rings. The van der Waals surface area contributed by atoms with Crippen LogP contribution in [0, 0.1) is 5.41 Å². The largest absolute Gasteiger partial charge is 0.508 e. The normalized spacial score (nSPS) is 16.7. The number of phenolic OH excluding ortho intramolecular Hbond substituents is 1. The van der Waals surface area contributed by atoms with Crippen LogP contribution in [0.2, 0.25) is 5.02 Å². The average molecular weight is 306 g/mol. The molecule has 1 aromatic carbocycles. The van der Waals surface area contributed by atoms with Crippen LogP contribution < -0.4 is 5.73 Å². The summed E-state index contributed by atoms with van der Waals surface area (Å²) in [6.45, 7) is 2.51. The number of nitrogens with one attached hydrogen (secondary N) is 1. The highest BCUT2D eigenvalue weighted by Crippen LogP contribution is 2.29. The molecule has 110 valence electrons. The van der Waals surface area contributed by atoms with Crippen molar-refractivity contribution in [2.75, 3.05) is 6.61 Å². The van der Waals surface area contributed by atoms with Gasteiger partial charge in [-0.15, -0.1) is 0 Å². The summed E-state index contributed by atoms with van der Waals surface area (Å²) < 4.78 is 5.49. The third-order valence-electron chi connectivity index (χ3n) is 2.76. The van der Waals surface area contributed by atoms with Crippen LogP contribution in [-0.2, 0) is 4.74 Å². The van der Waals surface area contributed by atoms with Crippen LogP contribution in [-0.4, -0.2) is 23.1 Å². The van der Waals surface area contributed by atoms with Crippen molar-refractivity contribution in [2.45, 2.75) is 13.3 Å². The molecule has 1 aromatic rings. The number of rotatable bonds is 4. The summed E-state index contributed by atoms with van der Waals surface area (Å²) in [4.78, 5) is 4.36. The second-order valence-electron chi connectivity index (χ2n) is 4.50. The van der Waals surface area contributed by atoms with E-state index in [1.807, 2.05) is 6.92 Å². The van der Waals surface area contributed by atoms with Crippen LogP contribution in [0.3, 0.4) is 0 Å². The van der Waals surface area contributed by atoms with E-state index < -0.39 is 0 Å². The van der Waals surface area contributed by atoms with Gasteiger partial charge < -0.3 is 15.6 Å². The lowest BCUT2D eigenvalue weighted by Crippen LogP contribution is -2.19. The number of aliphatic imine (C=N–C) groups is 1. The molecule has 0 radical (unpaired) electrons. The molecule has 2 rings (SSSR count). The van der Waals surface area contributed by atoms with E-state index in [1.54, 1.807) is 12.1 Å². The molecule has 0 aromatic heterocycles. The van der Waals surface area contributed by atoms with Crippen molar-refractivity contribution in [1.29, 1.82) is 5.41 Å². The van der Waals surface area contributed by atoms with Crippen LogP contribution in [0.5, 0.6) is 5.75 Å². The summed E-state index contributed by atoms with van der Waals surface area (Å²) in [6.07, 6.45) is 3.97. The highest BCUT2D eigenvalue weighted by Gasteiger charge is 2.16. The van der Waals surface area contributed by atoms with Crippen molar-refractivity contribution in [3.8, 4) is 5.75 Å². The number of nitrogens with zero attached hydrogens (tertiary/aromatic N) is 1. The van der Waals surface area contributed by atoms with Gasteiger partial charge in [0.15, 0.2) is 0 Å². The molecular formula is C15H16ClN3O2. The zero-order chi connectivity index (χ0) is 15.4. The molecule has 0 unspecified atom stereocenters. The highest BCUT2D eigenvalue weighted by molar-refractivity contribution is 6.33. The minimum Gasteiger partial charge on any atom is -0.508 e. The summed E-state index contributed by atoms with van der Waals surface area (Å²) in [5, 5.41) is 17.5. The molecule has 0 saturated heterocycles. The first kappa shape index (κ1) is 15.1. The Kier molecular flexibility index (Phi) is 4.65. The fraction of sp³-hybridized carbons (Fsp3) is 0.200. The molecular weight excluding hydrogens is 290 g/mol. The summed E-state index contributed by atoms with van der Waals surface area (Å²) in [7, 11) is 0. The van der Waals surface area contributed by atoms with E-state index in [2.05, 4.69) is 4.99 Å². The Hall–Kier alpha value is -2.27. The zero-order valence-electron chi connectivity index (χ0n) is 11.6. The lowest BCUT2D eigenvalue weighted by Gasteiger charge is -2.15. The van der Waals surface area contributed by atoms with Gasteiger partial charge in [-0.2, -0.15) is 0 Å². The lowest BCUT2D eigenvalue weighted by molar-refractivity contribution is 0.231. The summed E-state index contributed by atoms with van der Waals surface area (Å²) in [6, 6.07) is 4.50. The van der Waals surface area contributed by atoms with Gasteiger partial charge in [-0.25, -0.2) is 4.99 Å². The van der Waals surface area contributed by atoms with Crippen molar-refractivity contribution in [1.82, 2.24) is 0 Å². The van der Waals surface area contributed by atoms with Gasteiger partial charge in [0.2, 0.25) is 0 Å². The van der Waals surface area contributed by atoms with Gasteiger partial charge in [0, 0.05) is 12.1 Å². The van der Waals surface area contributed by atoms with Gasteiger partial charge >= 0.3 is 0 Å². The third kappa shape index (κ3) is 3.64. The van der Waals surface area contributed by atoms with Gasteiger partial charge in [-0.3, -0.25) is 5.41 Å². The molecule has 0 amide bonds. The number of aromatic hydroxyl groups is 1. The van der Waals surface area contributed by atoms with Crippen LogP contribution in [0.4, 0.5) is 5.69 Å². The maximum absolute atomic E-state index is 9.34. The Morgan fingerprint density at radius 3 is 2.81 bits per heavy atom. The van der Waals surface area contributed by atoms with E-state index in [4.69, 9.17) is 27.5 Å². The first-order valence-corrected chi connectivity index (χ1v) is 6.87. The number of halogens is 1. The van der Waals surface area contributed by atoms with Gasteiger partial charge in [-0.05, 0) is 24.6 Å². The van der Waals surface area contributed by atoms with Gasteiger partial charge in [0.05, 0.1) is 34.4 Å². The number of phenols is 1. The molecule has 0 saturated carbocycles. The van der Waals surface area contributed by atoms with Crippen LogP contribution >= 0.6 is 11.6 Å². The van der Waals surface area contributed by atoms with Gasteiger partial charge in [0.1, 0.15) is 11.5 Å². The Labute approximate surface area is 127 Å². The van der Waals surface area contributed by atoms with Crippen LogP contribution in [0.1, 0.15) is 13.3 Å². The van der Waals surface area contributed by atoms with Crippen molar-refractivity contribution in [2.24, 2.45) is 10.7 Å². The highest BCUT2D eigenvalue weighted by atomic mass is 35.5. The van der Waals surface area contributed by atoms with E-state index in [0.717, 1.165) is 6.42 Å². The van der Waals surface area contributed by atoms with Crippen LogP contribution in [0.25, 0.3) is 0 Å². The Balaban J connectivity index is 2.36. The fourth-order valence-corrected chi connectivity index (χ4v) is 1.95. The van der Waals surface area contributed by atoms with E-state index in [9.17, 15) is 5.11 Å². The molecule has 5 nitrogen and oxygen atoms in total. The second-order valence-corrected chi connectivity index (χ2v) is 4.91. The van der Waals surface area contributed by atoms with Gasteiger partial charge in [-0.1, -0.05) is 18.5 Å². The molecule has 0 bridgehead atoms. The number of hydrogen-bond acceptors (Lipinski definition) is 5. The number of hydrogen-bond donors (Lipinski definition) is 3. The summed E-state index contributed by atoms with van der Waals surface area (Å²) >= 11 is 6.02. The van der Waals surface area contributed by atoms with E-state index >= 15 is 0 Å². The first-order valence-electron chi connectivity index (χ1n) is 6.49. The number of allylic oxidation sites excluding steroid dienone is 2. The Morgan fingerprint density at radius 1 is 1.38 bits per heavy atom. The monoisotopic (exact) mass is 305 g/mol. The quantitative estimate of drug-likeness (QED) is 0.745. The average Bonchev–Trinajstić information content (AvgIpc) is 2.43. The standard InChI is InChI=1S/C15H16ClN3O2/c1-2-5-21-15-8-14(11(17)7-12(15)18)19-13-4-3-9(20)6-10(13)16/h3-4,6-8,18,20H,2,5,17H2,1H3. The maximum Gasteiger partial charge on any atom is 0.146 e. The SMILES string of the molecule is CCCOC1=CC(=Nc2ccc(O)cc2Cl)C(N)=CC1=N.